The predicted molar refractivity (Wildman–Crippen MR) is 82.5 cm³/mol. The molecule has 8 heteroatoms. The number of aliphatic carboxylic acids is 2. The lowest BCUT2D eigenvalue weighted by Gasteiger charge is -2.26. The van der Waals surface area contributed by atoms with Gasteiger partial charge < -0.3 is 24.8 Å². The average Bonchev–Trinajstić information content (AvgIpc) is 2.41. The van der Waals surface area contributed by atoms with Gasteiger partial charge in [-0.25, -0.2) is 4.79 Å². The second-order valence-corrected chi connectivity index (χ2v) is 5.83. The number of rotatable bonds is 8. The third-order valence-electron chi connectivity index (χ3n) is 3.47. The Hall–Kier alpha value is -2.35. The quantitative estimate of drug-likeness (QED) is 0.644. The van der Waals surface area contributed by atoms with E-state index in [1.807, 2.05) is 0 Å². The maximum atomic E-state index is 11.7. The van der Waals surface area contributed by atoms with Gasteiger partial charge in [-0.2, -0.15) is 0 Å². The Labute approximate surface area is 133 Å². The fourth-order valence-corrected chi connectivity index (χ4v) is 2.33. The van der Waals surface area contributed by atoms with Gasteiger partial charge in [0.2, 0.25) is 5.43 Å². The summed E-state index contributed by atoms with van der Waals surface area (Å²) < 4.78 is 1.36. The molecule has 0 fully saturated rings. The number of nitrogens with zero attached hydrogens (tertiary/aromatic N) is 2. The maximum Gasteiger partial charge on any atom is 0.326 e. The van der Waals surface area contributed by atoms with Crippen LogP contribution in [0.5, 0.6) is 5.75 Å². The molecule has 1 unspecified atom stereocenters. The SMILES string of the molecule is CC(C)C(C(=O)O)n1cc(O)c(=O)cc1CN(C)CCC(=O)O. The van der Waals surface area contributed by atoms with Gasteiger partial charge in [0.05, 0.1) is 12.6 Å². The van der Waals surface area contributed by atoms with Gasteiger partial charge in [-0.3, -0.25) is 9.59 Å². The molecule has 128 valence electrons. The molecule has 3 N–H and O–H groups in total. The number of carboxylic acid groups (broad SMARTS) is 2. The lowest BCUT2D eigenvalue weighted by molar-refractivity contribution is -0.142. The standard InChI is InChI=1S/C15H22N2O6/c1-9(2)14(15(22)23)17-8-12(19)11(18)6-10(17)7-16(3)5-4-13(20)21/h6,8-9,14,19H,4-5,7H2,1-3H3,(H,20,21)(H,22,23). The van der Waals surface area contributed by atoms with Gasteiger partial charge in [-0.1, -0.05) is 13.8 Å². The van der Waals surface area contributed by atoms with E-state index in [-0.39, 0.29) is 25.4 Å². The van der Waals surface area contributed by atoms with E-state index in [0.717, 1.165) is 6.20 Å². The molecule has 0 aliphatic heterocycles. The van der Waals surface area contributed by atoms with Gasteiger partial charge in [0.1, 0.15) is 6.04 Å². The summed E-state index contributed by atoms with van der Waals surface area (Å²) in [6.45, 7) is 3.90. The largest absolute Gasteiger partial charge is 0.503 e. The van der Waals surface area contributed by atoms with Crippen LogP contribution in [0.25, 0.3) is 0 Å². The van der Waals surface area contributed by atoms with Crippen LogP contribution < -0.4 is 5.43 Å². The summed E-state index contributed by atoms with van der Waals surface area (Å²) in [6.07, 6.45) is 1.06. The molecule has 1 aromatic rings. The van der Waals surface area contributed by atoms with E-state index >= 15 is 0 Å². The van der Waals surface area contributed by atoms with Gasteiger partial charge in [0.15, 0.2) is 5.75 Å². The molecular weight excluding hydrogens is 304 g/mol. The fourth-order valence-electron chi connectivity index (χ4n) is 2.33. The Balaban J connectivity index is 3.19. The molecular formula is C15H22N2O6. The van der Waals surface area contributed by atoms with Gasteiger partial charge in [-0.05, 0) is 13.0 Å². The Kier molecular flexibility index (Phi) is 6.32. The third-order valence-corrected chi connectivity index (χ3v) is 3.47. The van der Waals surface area contributed by atoms with Crippen molar-refractivity contribution in [2.24, 2.45) is 5.92 Å². The van der Waals surface area contributed by atoms with E-state index in [2.05, 4.69) is 0 Å². The van der Waals surface area contributed by atoms with Crippen LogP contribution in [0.3, 0.4) is 0 Å². The molecule has 0 bridgehead atoms. The molecule has 0 spiro atoms. The van der Waals surface area contributed by atoms with Crippen LogP contribution in [0.15, 0.2) is 17.1 Å². The van der Waals surface area contributed by atoms with E-state index in [0.29, 0.717) is 5.69 Å². The normalized spacial score (nSPS) is 12.6. The number of aromatic hydroxyl groups is 1. The number of carboxylic acids is 2. The van der Waals surface area contributed by atoms with Crippen molar-refractivity contribution in [3.63, 3.8) is 0 Å². The van der Waals surface area contributed by atoms with Crippen molar-refractivity contribution in [3.8, 4) is 5.75 Å². The van der Waals surface area contributed by atoms with Gasteiger partial charge in [0.25, 0.3) is 0 Å². The molecule has 0 amide bonds. The minimum atomic E-state index is -1.07. The van der Waals surface area contributed by atoms with Gasteiger partial charge >= 0.3 is 11.9 Å². The van der Waals surface area contributed by atoms with Gasteiger partial charge in [-0.15, -0.1) is 0 Å². The lowest BCUT2D eigenvalue weighted by atomic mass is 10.0. The number of pyridine rings is 1. The minimum absolute atomic E-state index is 0.0641. The molecule has 8 nitrogen and oxygen atoms in total. The first-order valence-corrected chi connectivity index (χ1v) is 7.20. The van der Waals surface area contributed by atoms with E-state index < -0.39 is 29.2 Å². The molecule has 0 aliphatic carbocycles. The Morgan fingerprint density at radius 1 is 1.30 bits per heavy atom. The second kappa shape index (κ2) is 7.77. The van der Waals surface area contributed by atoms with Crippen LogP contribution >= 0.6 is 0 Å². The van der Waals surface area contributed by atoms with Crippen LogP contribution in [-0.2, 0) is 16.1 Å². The highest BCUT2D eigenvalue weighted by atomic mass is 16.4. The van der Waals surface area contributed by atoms with E-state index in [1.54, 1.807) is 25.8 Å². The molecule has 0 saturated carbocycles. The highest BCUT2D eigenvalue weighted by Gasteiger charge is 2.26. The summed E-state index contributed by atoms with van der Waals surface area (Å²) in [4.78, 5) is 35.5. The molecule has 0 radical (unpaired) electrons. The third kappa shape index (κ3) is 5.10. The first-order chi connectivity index (χ1) is 10.6. The monoisotopic (exact) mass is 326 g/mol. The fraction of sp³-hybridized carbons (Fsp3) is 0.533. The van der Waals surface area contributed by atoms with E-state index in [1.165, 1.54) is 10.6 Å². The molecule has 23 heavy (non-hydrogen) atoms. The number of hydrogen-bond acceptors (Lipinski definition) is 5. The minimum Gasteiger partial charge on any atom is -0.503 e. The van der Waals surface area contributed by atoms with Crippen molar-refractivity contribution in [2.45, 2.75) is 32.9 Å². The predicted octanol–water partition coefficient (Wildman–Crippen LogP) is 0.742. The van der Waals surface area contributed by atoms with Crippen LogP contribution in [-0.4, -0.2) is 50.3 Å². The Bertz CT molecular complexity index is 637. The van der Waals surface area contributed by atoms with Crippen molar-refractivity contribution in [2.75, 3.05) is 13.6 Å². The van der Waals surface area contributed by atoms with Crippen LogP contribution in [0, 0.1) is 5.92 Å². The second-order valence-electron chi connectivity index (χ2n) is 5.83. The lowest BCUT2D eigenvalue weighted by Crippen LogP contribution is -2.31. The highest BCUT2D eigenvalue weighted by Crippen LogP contribution is 2.22. The highest BCUT2D eigenvalue weighted by molar-refractivity contribution is 5.72. The smallest absolute Gasteiger partial charge is 0.326 e. The summed E-state index contributed by atoms with van der Waals surface area (Å²) >= 11 is 0. The zero-order valence-electron chi connectivity index (χ0n) is 13.4. The molecule has 1 atom stereocenters. The summed E-state index contributed by atoms with van der Waals surface area (Å²) in [5.41, 5.74) is -0.197. The number of hydrogen-bond donors (Lipinski definition) is 3. The molecule has 0 saturated heterocycles. The molecule has 0 aliphatic rings. The van der Waals surface area contributed by atoms with E-state index in [4.69, 9.17) is 5.11 Å². The van der Waals surface area contributed by atoms with Crippen LogP contribution in [0.4, 0.5) is 0 Å². The summed E-state index contributed by atoms with van der Waals surface area (Å²) in [5.74, 6) is -2.80. The molecule has 1 aromatic heterocycles. The molecule has 0 aromatic carbocycles. The summed E-state index contributed by atoms with van der Waals surface area (Å²) in [6, 6.07) is 0.245. The number of carbonyl (C=O) groups is 2. The van der Waals surface area contributed by atoms with Crippen molar-refractivity contribution in [1.29, 1.82) is 0 Å². The molecule has 1 heterocycles. The summed E-state index contributed by atoms with van der Waals surface area (Å²) in [5, 5.41) is 27.8. The van der Waals surface area contributed by atoms with Crippen molar-refractivity contribution in [3.05, 3.63) is 28.2 Å². The average molecular weight is 326 g/mol. The Morgan fingerprint density at radius 2 is 1.91 bits per heavy atom. The van der Waals surface area contributed by atoms with Crippen molar-refractivity contribution < 1.29 is 24.9 Å². The zero-order chi connectivity index (χ0) is 17.7. The molecule has 1 rings (SSSR count). The zero-order valence-corrected chi connectivity index (χ0v) is 13.4. The first kappa shape index (κ1) is 18.7. The van der Waals surface area contributed by atoms with Crippen LogP contribution in [0.1, 0.15) is 32.0 Å². The Morgan fingerprint density at radius 3 is 2.39 bits per heavy atom. The van der Waals surface area contributed by atoms with Crippen molar-refractivity contribution >= 4 is 11.9 Å². The number of aromatic nitrogens is 1. The van der Waals surface area contributed by atoms with E-state index in [9.17, 15) is 24.6 Å². The first-order valence-electron chi connectivity index (χ1n) is 7.20. The topological polar surface area (TPSA) is 120 Å². The van der Waals surface area contributed by atoms with Crippen LogP contribution in [0.2, 0.25) is 0 Å². The van der Waals surface area contributed by atoms with Crippen molar-refractivity contribution in [1.82, 2.24) is 9.47 Å². The summed E-state index contributed by atoms with van der Waals surface area (Å²) in [7, 11) is 1.68. The maximum absolute atomic E-state index is 11.7. The van der Waals surface area contributed by atoms with Gasteiger partial charge in [0, 0.05) is 24.8 Å².